The number of amides is 1. The Morgan fingerprint density at radius 2 is 1.84 bits per heavy atom. The average molecular weight is 279 g/mol. The van der Waals surface area contributed by atoms with Gasteiger partial charge in [0.05, 0.1) is 6.42 Å². The number of nitrogens with one attached hydrogen (secondary N) is 1. The number of hydrogen-bond acceptors (Lipinski definition) is 4. The molecule has 0 aliphatic rings. The number of hydrogen-bond donors (Lipinski definition) is 1. The van der Waals surface area contributed by atoms with Gasteiger partial charge in [-0.2, -0.15) is 13.2 Å². The fraction of sp³-hybridized carbons (Fsp3) is 0.727. The molecule has 8 heteroatoms. The second kappa shape index (κ2) is 6.03. The highest BCUT2D eigenvalue weighted by atomic mass is 19.4. The van der Waals surface area contributed by atoms with Crippen molar-refractivity contribution in [1.82, 2.24) is 15.5 Å². The fourth-order valence-electron chi connectivity index (χ4n) is 1.29. The van der Waals surface area contributed by atoms with Crippen molar-refractivity contribution in [3.05, 3.63) is 11.8 Å². The van der Waals surface area contributed by atoms with Crippen molar-refractivity contribution < 1.29 is 22.4 Å². The van der Waals surface area contributed by atoms with Gasteiger partial charge in [0.25, 0.3) is 0 Å². The maximum atomic E-state index is 11.9. The minimum Gasteiger partial charge on any atom is -0.423 e. The lowest BCUT2D eigenvalue weighted by Crippen LogP contribution is -2.28. The molecule has 0 saturated heterocycles. The van der Waals surface area contributed by atoms with Crippen LogP contribution < -0.4 is 5.32 Å². The molecule has 0 unspecified atom stereocenters. The summed E-state index contributed by atoms with van der Waals surface area (Å²) in [7, 11) is 0. The molecule has 108 valence electrons. The van der Waals surface area contributed by atoms with Gasteiger partial charge in [0, 0.05) is 12.3 Å². The van der Waals surface area contributed by atoms with Crippen LogP contribution in [0.25, 0.3) is 0 Å². The van der Waals surface area contributed by atoms with Crippen LogP contribution in [0.5, 0.6) is 0 Å². The van der Waals surface area contributed by atoms with Gasteiger partial charge in [-0.15, -0.1) is 10.2 Å². The summed E-state index contributed by atoms with van der Waals surface area (Å²) in [6.45, 7) is 5.30. The highest BCUT2D eigenvalue weighted by Gasteiger charge is 2.28. The van der Waals surface area contributed by atoms with E-state index in [0.717, 1.165) is 0 Å². The van der Waals surface area contributed by atoms with E-state index in [0.29, 0.717) is 5.89 Å². The predicted octanol–water partition coefficient (Wildman–Crippen LogP) is 2.71. The number of aromatic nitrogens is 2. The lowest BCUT2D eigenvalue weighted by molar-refractivity contribution is -0.144. The summed E-state index contributed by atoms with van der Waals surface area (Å²) in [4.78, 5) is 11.3. The molecule has 0 spiro atoms. The second-order valence-corrected chi connectivity index (χ2v) is 4.54. The first-order valence-corrected chi connectivity index (χ1v) is 5.88. The van der Waals surface area contributed by atoms with Crippen LogP contribution in [0.15, 0.2) is 4.42 Å². The third-order valence-electron chi connectivity index (χ3n) is 2.33. The van der Waals surface area contributed by atoms with Gasteiger partial charge in [0.15, 0.2) is 0 Å². The Morgan fingerprint density at radius 1 is 1.26 bits per heavy atom. The summed E-state index contributed by atoms with van der Waals surface area (Å²) in [5.41, 5.74) is 0. The minimum atomic E-state index is -4.34. The first-order chi connectivity index (χ1) is 8.69. The predicted molar refractivity (Wildman–Crippen MR) is 60.2 cm³/mol. The third-order valence-corrected chi connectivity index (χ3v) is 2.33. The Bertz CT molecular complexity index is 429. The van der Waals surface area contributed by atoms with Crippen molar-refractivity contribution in [3.8, 4) is 0 Å². The maximum absolute atomic E-state index is 11.9. The van der Waals surface area contributed by atoms with Crippen LogP contribution in [0.2, 0.25) is 0 Å². The van der Waals surface area contributed by atoms with E-state index in [1.54, 1.807) is 6.92 Å². The molecular weight excluding hydrogens is 263 g/mol. The monoisotopic (exact) mass is 279 g/mol. The molecule has 0 saturated carbocycles. The van der Waals surface area contributed by atoms with Gasteiger partial charge in [0.2, 0.25) is 17.7 Å². The second-order valence-electron chi connectivity index (χ2n) is 4.54. The molecule has 0 aliphatic carbocycles. The molecule has 1 atom stereocenters. The number of carbonyl (C=O) groups is 1. The van der Waals surface area contributed by atoms with Gasteiger partial charge in [-0.25, -0.2) is 0 Å². The molecule has 0 fully saturated rings. The van der Waals surface area contributed by atoms with Crippen LogP contribution in [0.4, 0.5) is 13.2 Å². The molecule has 0 aliphatic heterocycles. The largest absolute Gasteiger partial charge is 0.423 e. The molecule has 1 heterocycles. The van der Waals surface area contributed by atoms with E-state index in [9.17, 15) is 18.0 Å². The normalized spacial score (nSPS) is 13.6. The minimum absolute atomic E-state index is 0.0504. The molecule has 19 heavy (non-hydrogen) atoms. The third kappa shape index (κ3) is 5.27. The summed E-state index contributed by atoms with van der Waals surface area (Å²) in [5.74, 6) is -0.0426. The quantitative estimate of drug-likeness (QED) is 0.899. The Kier molecular flexibility index (Phi) is 4.90. The van der Waals surface area contributed by atoms with Crippen molar-refractivity contribution in [1.29, 1.82) is 0 Å². The standard InChI is InChI=1S/C11H16F3N3O2/c1-6(2)9-16-17-10(19-9)7(3)15-8(18)4-5-11(12,13)14/h6-7H,4-5H2,1-3H3,(H,15,18)/t7-/m1/s1. The van der Waals surface area contributed by atoms with Crippen LogP contribution >= 0.6 is 0 Å². The Labute approximate surface area is 108 Å². The smallest absolute Gasteiger partial charge is 0.389 e. The highest BCUT2D eigenvalue weighted by Crippen LogP contribution is 2.22. The molecule has 0 bridgehead atoms. The maximum Gasteiger partial charge on any atom is 0.389 e. The van der Waals surface area contributed by atoms with Crippen molar-refractivity contribution in [2.45, 2.75) is 51.7 Å². The first-order valence-electron chi connectivity index (χ1n) is 5.88. The van der Waals surface area contributed by atoms with Gasteiger partial charge in [-0.3, -0.25) is 4.79 Å². The summed E-state index contributed by atoms with van der Waals surface area (Å²) in [6, 6.07) is -0.610. The summed E-state index contributed by atoms with van der Waals surface area (Å²) in [5, 5.41) is 9.91. The summed E-state index contributed by atoms with van der Waals surface area (Å²) >= 11 is 0. The molecule has 1 amide bonds. The van der Waals surface area contributed by atoms with Crippen molar-refractivity contribution in [2.75, 3.05) is 0 Å². The molecule has 1 aromatic rings. The summed E-state index contributed by atoms with van der Waals surface area (Å²) in [6.07, 6.45) is -6.10. The Balaban J connectivity index is 2.49. The lowest BCUT2D eigenvalue weighted by Gasteiger charge is -2.10. The van der Waals surface area contributed by atoms with Crippen LogP contribution in [-0.4, -0.2) is 22.3 Å². The number of halogens is 3. The van der Waals surface area contributed by atoms with Gasteiger partial charge in [0.1, 0.15) is 6.04 Å². The van der Waals surface area contributed by atoms with Gasteiger partial charge < -0.3 is 9.73 Å². The van der Waals surface area contributed by atoms with Gasteiger partial charge >= 0.3 is 6.18 Å². The topological polar surface area (TPSA) is 68.0 Å². The lowest BCUT2D eigenvalue weighted by atomic mass is 10.2. The van der Waals surface area contributed by atoms with Crippen molar-refractivity contribution in [2.24, 2.45) is 0 Å². The average Bonchev–Trinajstić information content (AvgIpc) is 2.74. The van der Waals surface area contributed by atoms with E-state index in [2.05, 4.69) is 15.5 Å². The van der Waals surface area contributed by atoms with E-state index in [1.807, 2.05) is 13.8 Å². The fourth-order valence-corrected chi connectivity index (χ4v) is 1.29. The zero-order valence-electron chi connectivity index (χ0n) is 10.9. The highest BCUT2D eigenvalue weighted by molar-refractivity contribution is 5.76. The molecule has 5 nitrogen and oxygen atoms in total. The molecule has 1 rings (SSSR count). The molecule has 0 radical (unpaired) electrons. The van der Waals surface area contributed by atoms with E-state index in [4.69, 9.17) is 4.42 Å². The van der Waals surface area contributed by atoms with Crippen LogP contribution in [-0.2, 0) is 4.79 Å². The van der Waals surface area contributed by atoms with Gasteiger partial charge in [-0.1, -0.05) is 13.8 Å². The van der Waals surface area contributed by atoms with E-state index in [-0.39, 0.29) is 11.8 Å². The molecule has 1 aromatic heterocycles. The number of carbonyl (C=O) groups excluding carboxylic acids is 1. The molecule has 0 aromatic carbocycles. The van der Waals surface area contributed by atoms with Crippen LogP contribution in [0.3, 0.4) is 0 Å². The van der Waals surface area contributed by atoms with E-state index >= 15 is 0 Å². The van der Waals surface area contributed by atoms with Crippen LogP contribution in [0, 0.1) is 0 Å². The van der Waals surface area contributed by atoms with Gasteiger partial charge in [-0.05, 0) is 6.92 Å². The molecular formula is C11H16F3N3O2. The zero-order chi connectivity index (χ0) is 14.6. The number of alkyl halides is 3. The summed E-state index contributed by atoms with van der Waals surface area (Å²) < 4.78 is 41.1. The number of nitrogens with zero attached hydrogens (tertiary/aromatic N) is 2. The zero-order valence-corrected chi connectivity index (χ0v) is 10.9. The van der Waals surface area contributed by atoms with E-state index < -0.39 is 31.0 Å². The first kappa shape index (κ1) is 15.5. The SMILES string of the molecule is CC(C)c1nnc([C@@H](C)NC(=O)CCC(F)(F)F)o1. The Hall–Kier alpha value is -1.60. The molecule has 1 N–H and O–H groups in total. The van der Waals surface area contributed by atoms with Crippen molar-refractivity contribution >= 4 is 5.91 Å². The number of rotatable bonds is 5. The van der Waals surface area contributed by atoms with Crippen LogP contribution in [0.1, 0.15) is 57.4 Å². The van der Waals surface area contributed by atoms with E-state index in [1.165, 1.54) is 0 Å². The Morgan fingerprint density at radius 3 is 2.32 bits per heavy atom. The van der Waals surface area contributed by atoms with Crippen molar-refractivity contribution in [3.63, 3.8) is 0 Å².